The standard InChI is InChI=1S/C28H45NO5Si/c1-18(30)28(33-19(2)31)15-12-23-21-17-27(5,34-35(7,8)9)24-16-20(29-32-6)10-13-25(24,3)22(21)11-14-26(23,28)4/h16,21-23H,10-15,17H2,1-9H3/b29-20-/t21-,22+,23+,25-,26+,27-,28+/m1/s1. The summed E-state index contributed by atoms with van der Waals surface area (Å²) in [6, 6.07) is 0. The topological polar surface area (TPSA) is 74.2 Å². The zero-order chi connectivity index (χ0) is 26.0. The van der Waals surface area contributed by atoms with Gasteiger partial charge in [0.05, 0.1) is 11.3 Å². The van der Waals surface area contributed by atoms with E-state index in [1.54, 1.807) is 14.0 Å². The molecule has 0 spiro atoms. The van der Waals surface area contributed by atoms with Crippen molar-refractivity contribution in [3.05, 3.63) is 11.6 Å². The van der Waals surface area contributed by atoms with Gasteiger partial charge in [0.25, 0.3) is 0 Å². The maximum Gasteiger partial charge on any atom is 0.303 e. The molecule has 7 atom stereocenters. The summed E-state index contributed by atoms with van der Waals surface area (Å²) >= 11 is 0. The van der Waals surface area contributed by atoms with Crippen molar-refractivity contribution in [1.82, 2.24) is 0 Å². The number of hydrogen-bond acceptors (Lipinski definition) is 6. The Kier molecular flexibility index (Phi) is 6.49. The number of carbonyl (C=O) groups is 2. The molecular formula is C28H45NO5Si. The van der Waals surface area contributed by atoms with E-state index in [0.29, 0.717) is 24.2 Å². The number of esters is 1. The summed E-state index contributed by atoms with van der Waals surface area (Å²) in [5.41, 5.74) is 0.628. The van der Waals surface area contributed by atoms with Crippen LogP contribution >= 0.6 is 0 Å². The third-order valence-corrected chi connectivity index (χ3v) is 11.1. The van der Waals surface area contributed by atoms with Crippen LogP contribution in [0.2, 0.25) is 19.6 Å². The average Bonchev–Trinajstić information content (AvgIpc) is 3.01. The smallest absolute Gasteiger partial charge is 0.303 e. The van der Waals surface area contributed by atoms with Crippen molar-refractivity contribution >= 4 is 25.8 Å². The van der Waals surface area contributed by atoms with Crippen molar-refractivity contribution < 1.29 is 23.6 Å². The van der Waals surface area contributed by atoms with E-state index in [0.717, 1.165) is 44.2 Å². The first-order valence-corrected chi connectivity index (χ1v) is 16.8. The van der Waals surface area contributed by atoms with E-state index in [1.807, 2.05) is 0 Å². The fraction of sp³-hybridized carbons (Fsp3) is 0.821. The highest BCUT2D eigenvalue weighted by atomic mass is 28.4. The first-order valence-electron chi connectivity index (χ1n) is 13.4. The number of fused-ring (bicyclic) bond motifs is 5. The molecule has 3 saturated carbocycles. The Hall–Kier alpha value is -1.47. The number of Topliss-reactive ketones (excluding diaryl/α,β-unsaturated/α-hetero) is 1. The molecule has 4 aliphatic carbocycles. The molecule has 7 heteroatoms. The molecule has 0 unspecified atom stereocenters. The van der Waals surface area contributed by atoms with Crippen LogP contribution in [-0.2, 0) is 23.6 Å². The number of allylic oxidation sites excluding steroid dienone is 1. The molecule has 4 rings (SSSR count). The molecule has 0 heterocycles. The predicted octanol–water partition coefficient (Wildman–Crippen LogP) is 6.06. The summed E-state index contributed by atoms with van der Waals surface area (Å²) in [6.07, 6.45) is 8.59. The number of nitrogens with zero attached hydrogens (tertiary/aromatic N) is 1. The predicted molar refractivity (Wildman–Crippen MR) is 140 cm³/mol. The van der Waals surface area contributed by atoms with Gasteiger partial charge in [-0.05, 0) is 113 Å². The van der Waals surface area contributed by atoms with Gasteiger partial charge in [-0.2, -0.15) is 0 Å². The first-order chi connectivity index (χ1) is 16.1. The Bertz CT molecular complexity index is 969. The summed E-state index contributed by atoms with van der Waals surface area (Å²) in [7, 11) is -0.267. The Labute approximate surface area is 212 Å². The second-order valence-electron chi connectivity index (χ2n) is 13.2. The van der Waals surface area contributed by atoms with E-state index in [1.165, 1.54) is 12.5 Å². The Morgan fingerprint density at radius 1 is 1.03 bits per heavy atom. The molecule has 0 N–H and O–H groups in total. The van der Waals surface area contributed by atoms with Crippen LogP contribution < -0.4 is 0 Å². The molecule has 4 aliphatic rings. The third kappa shape index (κ3) is 4.05. The zero-order valence-corrected chi connectivity index (χ0v) is 24.2. The molecule has 0 aromatic rings. The number of ether oxygens (including phenoxy) is 1. The lowest BCUT2D eigenvalue weighted by Gasteiger charge is -2.63. The molecule has 0 amide bonds. The quantitative estimate of drug-likeness (QED) is 0.259. The zero-order valence-electron chi connectivity index (χ0n) is 23.2. The van der Waals surface area contributed by atoms with Crippen LogP contribution in [0.5, 0.6) is 0 Å². The monoisotopic (exact) mass is 503 g/mol. The number of ketones is 1. The Balaban J connectivity index is 1.82. The van der Waals surface area contributed by atoms with E-state index in [2.05, 4.69) is 51.6 Å². The van der Waals surface area contributed by atoms with Crippen LogP contribution in [0.15, 0.2) is 16.8 Å². The van der Waals surface area contributed by atoms with Gasteiger partial charge in [-0.15, -0.1) is 0 Å². The minimum atomic E-state index is -1.88. The second kappa shape index (κ2) is 8.54. The number of hydrogen-bond donors (Lipinski definition) is 0. The highest BCUT2D eigenvalue weighted by Gasteiger charge is 2.69. The molecule has 0 bridgehead atoms. The average molecular weight is 504 g/mol. The normalized spacial score (nSPS) is 44.1. The minimum absolute atomic E-state index is 0.00190. The fourth-order valence-corrected chi connectivity index (χ4v) is 10.6. The van der Waals surface area contributed by atoms with E-state index in [4.69, 9.17) is 14.0 Å². The van der Waals surface area contributed by atoms with E-state index in [9.17, 15) is 9.59 Å². The number of carbonyl (C=O) groups excluding carboxylic acids is 2. The molecule has 35 heavy (non-hydrogen) atoms. The van der Waals surface area contributed by atoms with Gasteiger partial charge in [0, 0.05) is 12.3 Å². The Morgan fingerprint density at radius 3 is 2.26 bits per heavy atom. The van der Waals surface area contributed by atoms with Crippen LogP contribution in [0, 0.1) is 28.6 Å². The fourth-order valence-electron chi connectivity index (χ4n) is 9.01. The van der Waals surface area contributed by atoms with Crippen molar-refractivity contribution in [2.75, 3.05) is 7.11 Å². The van der Waals surface area contributed by atoms with Gasteiger partial charge in [0.15, 0.2) is 19.7 Å². The van der Waals surface area contributed by atoms with Gasteiger partial charge >= 0.3 is 5.97 Å². The van der Waals surface area contributed by atoms with Crippen LogP contribution in [0.1, 0.15) is 79.6 Å². The summed E-state index contributed by atoms with van der Waals surface area (Å²) in [4.78, 5) is 30.4. The van der Waals surface area contributed by atoms with Crippen molar-refractivity contribution in [2.45, 2.75) is 110 Å². The number of oxime groups is 1. The van der Waals surface area contributed by atoms with Gasteiger partial charge in [-0.25, -0.2) is 0 Å². The lowest BCUT2D eigenvalue weighted by molar-refractivity contribution is -0.189. The lowest BCUT2D eigenvalue weighted by Crippen LogP contribution is -2.62. The molecule has 0 aromatic carbocycles. The SMILES string of the molecule is CO/N=C1\C=C2[C@](C)(O[Si](C)(C)C)C[C@@H]3[C@H](CC[C@@]4(C)[C@H]3CC[C@]4(OC(C)=O)C(C)=O)[C@@]2(C)CC1. The van der Waals surface area contributed by atoms with Crippen molar-refractivity contribution in [3.8, 4) is 0 Å². The van der Waals surface area contributed by atoms with Crippen molar-refractivity contribution in [1.29, 1.82) is 0 Å². The van der Waals surface area contributed by atoms with Crippen LogP contribution in [0.4, 0.5) is 0 Å². The highest BCUT2D eigenvalue weighted by Crippen LogP contribution is 2.70. The highest BCUT2D eigenvalue weighted by molar-refractivity contribution is 6.69. The molecule has 196 valence electrons. The molecule has 0 radical (unpaired) electrons. The lowest BCUT2D eigenvalue weighted by atomic mass is 9.44. The van der Waals surface area contributed by atoms with Crippen LogP contribution in [0.3, 0.4) is 0 Å². The summed E-state index contributed by atoms with van der Waals surface area (Å²) in [5, 5.41) is 4.31. The van der Waals surface area contributed by atoms with Crippen LogP contribution in [-0.4, -0.2) is 44.1 Å². The van der Waals surface area contributed by atoms with Gasteiger partial charge in [-0.3, -0.25) is 9.59 Å². The largest absolute Gasteiger partial charge is 0.451 e. The first kappa shape index (κ1) is 26.6. The summed E-state index contributed by atoms with van der Waals surface area (Å²) < 4.78 is 13.0. The van der Waals surface area contributed by atoms with E-state index >= 15 is 0 Å². The van der Waals surface area contributed by atoms with E-state index in [-0.39, 0.29) is 22.6 Å². The van der Waals surface area contributed by atoms with Gasteiger partial charge in [0.1, 0.15) is 7.11 Å². The van der Waals surface area contributed by atoms with Crippen molar-refractivity contribution in [3.63, 3.8) is 0 Å². The van der Waals surface area contributed by atoms with Crippen molar-refractivity contribution in [2.24, 2.45) is 33.7 Å². The third-order valence-electron chi connectivity index (χ3n) is 10.0. The molecule has 0 aromatic heterocycles. The molecule has 0 aliphatic heterocycles. The molecule has 6 nitrogen and oxygen atoms in total. The second-order valence-corrected chi connectivity index (χ2v) is 17.7. The molecular weight excluding hydrogens is 458 g/mol. The maximum absolute atomic E-state index is 13.1. The Morgan fingerprint density at radius 2 is 1.69 bits per heavy atom. The number of rotatable bonds is 5. The maximum atomic E-state index is 13.1. The minimum Gasteiger partial charge on any atom is -0.451 e. The van der Waals surface area contributed by atoms with Gasteiger partial charge in [-0.1, -0.05) is 19.0 Å². The van der Waals surface area contributed by atoms with E-state index < -0.39 is 19.5 Å². The summed E-state index contributed by atoms with van der Waals surface area (Å²) in [6.45, 7) is 16.8. The summed E-state index contributed by atoms with van der Waals surface area (Å²) in [5.74, 6) is 0.887. The van der Waals surface area contributed by atoms with Gasteiger partial charge < -0.3 is 14.0 Å². The molecule has 3 fully saturated rings. The van der Waals surface area contributed by atoms with Crippen LogP contribution in [0.25, 0.3) is 0 Å². The molecule has 0 saturated heterocycles. The van der Waals surface area contributed by atoms with Gasteiger partial charge in [0.2, 0.25) is 0 Å².